The van der Waals surface area contributed by atoms with Crippen molar-refractivity contribution in [3.05, 3.63) is 5.53 Å². The molecule has 0 aliphatic heterocycles. The molecule has 30 heavy (non-hydrogen) atoms. The van der Waals surface area contributed by atoms with Crippen LogP contribution < -0.4 is 0 Å². The molecule has 4 rings (SSSR count). The highest BCUT2D eigenvalue weighted by Gasteiger charge is 2.71. The lowest BCUT2D eigenvalue weighted by atomic mass is 9.47. The molecule has 0 heterocycles. The van der Waals surface area contributed by atoms with Crippen LogP contribution in [0.25, 0.3) is 5.53 Å². The van der Waals surface area contributed by atoms with Crippen molar-refractivity contribution in [3.63, 3.8) is 0 Å². The van der Waals surface area contributed by atoms with Gasteiger partial charge < -0.3 is 20.5 Å². The van der Waals surface area contributed by atoms with Crippen LogP contribution in [-0.2, 0) is 9.53 Å². The van der Waals surface area contributed by atoms with E-state index in [1.165, 1.54) is 0 Å². The smallest absolute Gasteiger partial charge is 0.420 e. The van der Waals surface area contributed by atoms with E-state index in [-0.39, 0.29) is 24.2 Å². The molecule has 9 atom stereocenters. The van der Waals surface area contributed by atoms with Crippen LogP contribution in [0.3, 0.4) is 0 Å². The van der Waals surface area contributed by atoms with Gasteiger partial charge in [-0.3, -0.25) is 0 Å². The summed E-state index contributed by atoms with van der Waals surface area (Å²) >= 11 is 0. The Morgan fingerprint density at radius 1 is 1.07 bits per heavy atom. The molecule has 0 radical (unpaired) electrons. The zero-order valence-corrected chi connectivity index (χ0v) is 18.9. The Bertz CT molecular complexity index is 760. The number of hydrogen-bond donors (Lipinski definition) is 2. The average molecular weight is 419 g/mol. The molecule has 0 saturated heterocycles. The molecule has 4 aliphatic carbocycles. The molecule has 0 amide bonds. The molecular weight excluding hydrogens is 380 g/mol. The maximum absolute atomic E-state index is 12.5. The summed E-state index contributed by atoms with van der Waals surface area (Å²) in [6.45, 7) is 8.16. The van der Waals surface area contributed by atoms with Crippen molar-refractivity contribution < 1.29 is 24.5 Å². The number of hydrogen-bond acceptors (Lipinski definition) is 4. The van der Waals surface area contributed by atoms with Gasteiger partial charge in [0, 0.05) is 5.41 Å². The summed E-state index contributed by atoms with van der Waals surface area (Å²) in [4.78, 5) is 15.8. The number of nitrogens with zero attached hydrogens (tertiary/aromatic N) is 2. The van der Waals surface area contributed by atoms with Gasteiger partial charge in [-0.1, -0.05) is 13.8 Å². The fourth-order valence-corrected chi connectivity index (χ4v) is 8.55. The molecule has 0 bridgehead atoms. The summed E-state index contributed by atoms with van der Waals surface area (Å²) in [5, 5.41) is 22.4. The number of carbonyl (C=O) groups is 1. The molecule has 4 fully saturated rings. The molecule has 168 valence electrons. The van der Waals surface area contributed by atoms with Crippen LogP contribution in [0.4, 0.5) is 0 Å². The number of ether oxygens (including phenoxy) is 1. The number of carbonyl (C=O) groups excluding carboxylic acids is 1. The van der Waals surface area contributed by atoms with Crippen molar-refractivity contribution in [2.45, 2.75) is 90.3 Å². The molecule has 0 aromatic rings. The summed E-state index contributed by atoms with van der Waals surface area (Å²) in [7, 11) is 0. The van der Waals surface area contributed by atoms with Gasteiger partial charge >= 0.3 is 11.7 Å². The maximum Gasteiger partial charge on any atom is 0.420 e. The largest absolute Gasteiger partial charge is 0.457 e. The summed E-state index contributed by atoms with van der Waals surface area (Å²) < 4.78 is 5.12. The van der Waals surface area contributed by atoms with Gasteiger partial charge in [-0.05, 0) is 101 Å². The first-order valence-corrected chi connectivity index (χ1v) is 11.9. The quantitative estimate of drug-likeness (QED) is 0.316. The van der Waals surface area contributed by atoms with Crippen LogP contribution in [0.15, 0.2) is 0 Å². The highest BCUT2D eigenvalue weighted by molar-refractivity contribution is 6.37. The lowest BCUT2D eigenvalue weighted by Gasteiger charge is -2.57. The second kappa shape index (κ2) is 7.43. The summed E-state index contributed by atoms with van der Waals surface area (Å²) in [5.74, 6) is 2.21. The Kier molecular flexibility index (Phi) is 5.44. The van der Waals surface area contributed by atoms with E-state index in [4.69, 9.17) is 4.74 Å². The first-order chi connectivity index (χ1) is 14.1. The number of esters is 1. The molecule has 6 heteroatoms. The predicted molar refractivity (Wildman–Crippen MR) is 112 cm³/mol. The maximum atomic E-state index is 12.5. The van der Waals surface area contributed by atoms with Gasteiger partial charge in [0.05, 0.1) is 12.2 Å². The van der Waals surface area contributed by atoms with Crippen molar-refractivity contribution >= 4 is 11.7 Å². The molecule has 4 saturated carbocycles. The Labute approximate surface area is 180 Å². The predicted octanol–water partition coefficient (Wildman–Crippen LogP) is 3.60. The Morgan fingerprint density at radius 2 is 1.77 bits per heavy atom. The molecule has 1 unspecified atom stereocenters. The van der Waals surface area contributed by atoms with Gasteiger partial charge in [0.15, 0.2) is 5.60 Å². The standard InChI is InChI=1S/C24H38N2O4/c1-5-30-21(27)20(26-25)24(29)12-14(2)19-18-7-6-15-13-22(3,28)10-8-16(15)17(18)9-11-23(19,24)4/h14-19,28-29H,5-13H2,1-4H3/t14-,15+,16+,17-,18-,19+,22-,23+,24?/m1/s1. The molecule has 0 aromatic heterocycles. The van der Waals surface area contributed by atoms with Crippen molar-refractivity contribution in [2.75, 3.05) is 6.61 Å². The van der Waals surface area contributed by atoms with Gasteiger partial charge in [0.2, 0.25) is 0 Å². The van der Waals surface area contributed by atoms with Crippen molar-refractivity contribution in [1.29, 1.82) is 0 Å². The van der Waals surface area contributed by atoms with Crippen LogP contribution in [-0.4, -0.2) is 44.5 Å². The minimum absolute atomic E-state index is 0.182. The highest BCUT2D eigenvalue weighted by Crippen LogP contribution is 2.67. The summed E-state index contributed by atoms with van der Waals surface area (Å²) in [5.41, 5.74) is 6.97. The topological polar surface area (TPSA) is 103 Å². The van der Waals surface area contributed by atoms with Crippen molar-refractivity contribution in [3.8, 4) is 0 Å². The Hall–Kier alpha value is -1.23. The van der Waals surface area contributed by atoms with Gasteiger partial charge in [0.25, 0.3) is 0 Å². The second-order valence-corrected chi connectivity index (χ2v) is 11.3. The average Bonchev–Trinajstić information content (AvgIpc) is 2.87. The minimum Gasteiger partial charge on any atom is -0.457 e. The third-order valence-corrected chi connectivity index (χ3v) is 9.62. The van der Waals surface area contributed by atoms with Crippen LogP contribution in [0.2, 0.25) is 0 Å². The van der Waals surface area contributed by atoms with Crippen LogP contribution in [0.1, 0.15) is 79.1 Å². The van der Waals surface area contributed by atoms with E-state index in [1.807, 2.05) is 6.92 Å². The number of aliphatic hydroxyl groups is 2. The number of rotatable bonds is 3. The van der Waals surface area contributed by atoms with Gasteiger partial charge in [-0.25, -0.2) is 4.79 Å². The van der Waals surface area contributed by atoms with Gasteiger partial charge in [-0.15, -0.1) is 0 Å². The second-order valence-electron chi connectivity index (χ2n) is 11.3. The Morgan fingerprint density at radius 3 is 2.43 bits per heavy atom. The lowest BCUT2D eigenvalue weighted by Crippen LogP contribution is -2.59. The molecular formula is C24H38N2O4. The van der Waals surface area contributed by atoms with Gasteiger partial charge in [-0.2, -0.15) is 4.79 Å². The monoisotopic (exact) mass is 418 g/mol. The first-order valence-electron chi connectivity index (χ1n) is 11.9. The molecule has 0 aromatic carbocycles. The van der Waals surface area contributed by atoms with E-state index in [9.17, 15) is 20.5 Å². The molecule has 6 nitrogen and oxygen atoms in total. The highest BCUT2D eigenvalue weighted by atomic mass is 16.5. The van der Waals surface area contributed by atoms with Crippen LogP contribution in [0, 0.1) is 40.9 Å². The first kappa shape index (κ1) is 22.0. The minimum atomic E-state index is -1.46. The Balaban J connectivity index is 1.64. The van der Waals surface area contributed by atoms with E-state index < -0.39 is 22.6 Å². The molecule has 2 N–H and O–H groups in total. The third kappa shape index (κ3) is 3.10. The summed E-state index contributed by atoms with van der Waals surface area (Å²) in [6.07, 6.45) is 7.41. The zero-order valence-electron chi connectivity index (χ0n) is 18.9. The lowest BCUT2D eigenvalue weighted by molar-refractivity contribution is -0.153. The van der Waals surface area contributed by atoms with E-state index in [0.29, 0.717) is 30.1 Å². The van der Waals surface area contributed by atoms with E-state index in [0.717, 1.165) is 44.9 Å². The van der Waals surface area contributed by atoms with Gasteiger partial charge in [0.1, 0.15) is 0 Å². The van der Waals surface area contributed by atoms with Crippen molar-refractivity contribution in [1.82, 2.24) is 0 Å². The summed E-state index contributed by atoms with van der Waals surface area (Å²) in [6, 6.07) is 0. The zero-order chi connectivity index (χ0) is 21.9. The van der Waals surface area contributed by atoms with E-state index >= 15 is 0 Å². The normalized spacial score (nSPS) is 49.9. The van der Waals surface area contributed by atoms with E-state index in [2.05, 4.69) is 18.6 Å². The van der Waals surface area contributed by atoms with Crippen LogP contribution >= 0.6 is 0 Å². The third-order valence-electron chi connectivity index (χ3n) is 9.62. The van der Waals surface area contributed by atoms with Crippen LogP contribution in [0.5, 0.6) is 0 Å². The fraction of sp³-hybridized carbons (Fsp3) is 0.917. The fourth-order valence-electron chi connectivity index (χ4n) is 8.55. The van der Waals surface area contributed by atoms with E-state index in [1.54, 1.807) is 6.92 Å². The molecule has 0 spiro atoms. The van der Waals surface area contributed by atoms with Crippen molar-refractivity contribution in [2.24, 2.45) is 40.9 Å². The number of fused-ring (bicyclic) bond motifs is 5. The molecule has 4 aliphatic rings. The SMILES string of the molecule is CCOC(=O)C(=[N+]=[N-])C1(O)C[C@@H](C)[C@H]2[C@@H]3CC[C@H]4C[C@](C)(O)CC[C@@H]4[C@H]3CC[C@@]21C.